The van der Waals surface area contributed by atoms with Crippen molar-refractivity contribution in [2.45, 2.75) is 20.8 Å². The van der Waals surface area contributed by atoms with Gasteiger partial charge in [0.15, 0.2) is 0 Å². The molecule has 1 nitrogen and oxygen atoms in total. The number of aryl methyl sites for hydroxylation is 1. The van der Waals surface area contributed by atoms with E-state index in [1.165, 1.54) is 5.39 Å². The Balaban J connectivity index is 0.000000461. The minimum absolute atomic E-state index is 0.771. The molecule has 14 heavy (non-hydrogen) atoms. The van der Waals surface area contributed by atoms with Gasteiger partial charge in [-0.25, -0.2) is 0 Å². The highest BCUT2D eigenvalue weighted by atomic mass is 35.5. The molecular weight excluding hydrogens is 194 g/mol. The molecule has 2 aromatic rings. The SMILES string of the molecule is CC.Cc1nccc2cc(Cl)ccc12. The van der Waals surface area contributed by atoms with Gasteiger partial charge in [0.1, 0.15) is 0 Å². The van der Waals surface area contributed by atoms with Crippen LogP contribution in [0.15, 0.2) is 30.5 Å². The van der Waals surface area contributed by atoms with E-state index in [1.807, 2.05) is 45.0 Å². The normalized spacial score (nSPS) is 9.43. The molecule has 2 heteroatoms. The molecule has 0 N–H and O–H groups in total. The molecule has 0 spiro atoms. The molecular formula is C12H14ClN. The monoisotopic (exact) mass is 207 g/mol. The van der Waals surface area contributed by atoms with Gasteiger partial charge in [-0.15, -0.1) is 0 Å². The summed E-state index contributed by atoms with van der Waals surface area (Å²) in [5.74, 6) is 0. The van der Waals surface area contributed by atoms with Crippen molar-refractivity contribution in [3.8, 4) is 0 Å². The van der Waals surface area contributed by atoms with Gasteiger partial charge in [-0.1, -0.05) is 31.5 Å². The zero-order chi connectivity index (χ0) is 10.6. The van der Waals surface area contributed by atoms with Crippen LogP contribution in [0.5, 0.6) is 0 Å². The minimum atomic E-state index is 0.771. The lowest BCUT2D eigenvalue weighted by Crippen LogP contribution is -1.81. The van der Waals surface area contributed by atoms with Gasteiger partial charge in [-0.2, -0.15) is 0 Å². The summed E-state index contributed by atoms with van der Waals surface area (Å²) in [4.78, 5) is 4.19. The standard InChI is InChI=1S/C10H8ClN.C2H6/c1-7-10-3-2-9(11)6-8(10)4-5-12-7;1-2/h2-6H,1H3;1-2H3. The Morgan fingerprint density at radius 1 is 1.14 bits per heavy atom. The van der Waals surface area contributed by atoms with Crippen LogP contribution in [0.4, 0.5) is 0 Å². The largest absolute Gasteiger partial charge is 0.261 e. The van der Waals surface area contributed by atoms with Crippen molar-refractivity contribution in [3.63, 3.8) is 0 Å². The highest BCUT2D eigenvalue weighted by Crippen LogP contribution is 2.20. The molecule has 0 fully saturated rings. The van der Waals surface area contributed by atoms with E-state index in [4.69, 9.17) is 11.6 Å². The van der Waals surface area contributed by atoms with Crippen LogP contribution in [0, 0.1) is 6.92 Å². The van der Waals surface area contributed by atoms with Crippen LogP contribution < -0.4 is 0 Å². The maximum absolute atomic E-state index is 5.85. The van der Waals surface area contributed by atoms with Crippen molar-refractivity contribution in [1.82, 2.24) is 4.98 Å². The zero-order valence-electron chi connectivity index (χ0n) is 8.71. The molecule has 0 saturated carbocycles. The lowest BCUT2D eigenvalue weighted by atomic mass is 10.1. The van der Waals surface area contributed by atoms with Crippen LogP contribution >= 0.6 is 11.6 Å². The topological polar surface area (TPSA) is 12.9 Å². The Labute approximate surface area is 89.7 Å². The Hall–Kier alpha value is -1.08. The third kappa shape index (κ3) is 2.24. The first kappa shape index (κ1) is 11.0. The summed E-state index contributed by atoms with van der Waals surface area (Å²) in [5.41, 5.74) is 1.05. The van der Waals surface area contributed by atoms with Crippen molar-refractivity contribution >= 4 is 22.4 Å². The highest BCUT2D eigenvalue weighted by Gasteiger charge is 1.96. The van der Waals surface area contributed by atoms with Crippen LogP contribution in [0.1, 0.15) is 19.5 Å². The lowest BCUT2D eigenvalue weighted by Gasteiger charge is -1.99. The Morgan fingerprint density at radius 2 is 1.86 bits per heavy atom. The lowest BCUT2D eigenvalue weighted by molar-refractivity contribution is 1.24. The zero-order valence-corrected chi connectivity index (χ0v) is 9.47. The first-order chi connectivity index (χ1) is 6.77. The maximum atomic E-state index is 5.85. The number of aromatic nitrogens is 1. The maximum Gasteiger partial charge on any atom is 0.0450 e. The van der Waals surface area contributed by atoms with Crippen LogP contribution in [-0.2, 0) is 0 Å². The molecule has 0 saturated heterocycles. The second kappa shape index (κ2) is 4.97. The molecule has 0 bridgehead atoms. The predicted octanol–water partition coefficient (Wildman–Crippen LogP) is 4.22. The summed E-state index contributed by atoms with van der Waals surface area (Å²) in [6.45, 7) is 6.00. The van der Waals surface area contributed by atoms with E-state index in [9.17, 15) is 0 Å². The second-order valence-electron chi connectivity index (χ2n) is 2.76. The number of fused-ring (bicyclic) bond motifs is 1. The molecule has 1 aromatic carbocycles. The number of benzene rings is 1. The van der Waals surface area contributed by atoms with Gasteiger partial charge in [0.05, 0.1) is 0 Å². The average Bonchev–Trinajstić information content (AvgIpc) is 2.21. The summed E-state index contributed by atoms with van der Waals surface area (Å²) in [6, 6.07) is 7.80. The predicted molar refractivity (Wildman–Crippen MR) is 62.8 cm³/mol. The number of pyridine rings is 1. The van der Waals surface area contributed by atoms with E-state index in [-0.39, 0.29) is 0 Å². The van der Waals surface area contributed by atoms with E-state index >= 15 is 0 Å². The number of hydrogen-bond donors (Lipinski definition) is 0. The van der Waals surface area contributed by atoms with E-state index in [0.717, 1.165) is 16.1 Å². The smallest absolute Gasteiger partial charge is 0.0450 e. The number of rotatable bonds is 0. The van der Waals surface area contributed by atoms with E-state index < -0.39 is 0 Å². The van der Waals surface area contributed by atoms with Gasteiger partial charge in [0.25, 0.3) is 0 Å². The Morgan fingerprint density at radius 3 is 2.57 bits per heavy atom. The number of hydrogen-bond acceptors (Lipinski definition) is 1. The quantitative estimate of drug-likeness (QED) is 0.630. The van der Waals surface area contributed by atoms with Gasteiger partial charge in [0, 0.05) is 22.3 Å². The first-order valence-corrected chi connectivity index (χ1v) is 5.16. The van der Waals surface area contributed by atoms with Crippen molar-refractivity contribution in [2.75, 3.05) is 0 Å². The average molecular weight is 208 g/mol. The van der Waals surface area contributed by atoms with Gasteiger partial charge in [0.2, 0.25) is 0 Å². The molecule has 74 valence electrons. The van der Waals surface area contributed by atoms with E-state index in [0.29, 0.717) is 0 Å². The van der Waals surface area contributed by atoms with E-state index in [1.54, 1.807) is 6.20 Å². The van der Waals surface area contributed by atoms with Gasteiger partial charge in [-0.3, -0.25) is 4.98 Å². The van der Waals surface area contributed by atoms with Gasteiger partial charge >= 0.3 is 0 Å². The summed E-state index contributed by atoms with van der Waals surface area (Å²) >= 11 is 5.85. The van der Waals surface area contributed by atoms with Crippen molar-refractivity contribution in [1.29, 1.82) is 0 Å². The van der Waals surface area contributed by atoms with Crippen LogP contribution in [0.2, 0.25) is 5.02 Å². The number of halogens is 1. The molecule has 0 radical (unpaired) electrons. The molecule has 1 aromatic heterocycles. The molecule has 2 rings (SSSR count). The van der Waals surface area contributed by atoms with Crippen molar-refractivity contribution < 1.29 is 0 Å². The van der Waals surface area contributed by atoms with Crippen molar-refractivity contribution in [3.05, 3.63) is 41.2 Å². The molecule has 0 aliphatic carbocycles. The van der Waals surface area contributed by atoms with Crippen molar-refractivity contribution in [2.24, 2.45) is 0 Å². The Kier molecular flexibility index (Phi) is 3.90. The number of nitrogens with zero attached hydrogens (tertiary/aromatic N) is 1. The molecule has 0 amide bonds. The minimum Gasteiger partial charge on any atom is -0.261 e. The summed E-state index contributed by atoms with van der Waals surface area (Å²) < 4.78 is 0. The van der Waals surface area contributed by atoms with Crippen LogP contribution in [0.3, 0.4) is 0 Å². The molecule has 0 atom stereocenters. The fourth-order valence-corrected chi connectivity index (χ4v) is 1.48. The summed E-state index contributed by atoms with van der Waals surface area (Å²) in [6.07, 6.45) is 1.80. The summed E-state index contributed by atoms with van der Waals surface area (Å²) in [5, 5.41) is 3.09. The second-order valence-corrected chi connectivity index (χ2v) is 3.20. The summed E-state index contributed by atoms with van der Waals surface area (Å²) in [7, 11) is 0. The highest BCUT2D eigenvalue weighted by molar-refractivity contribution is 6.31. The van der Waals surface area contributed by atoms with Gasteiger partial charge in [-0.05, 0) is 30.5 Å². The molecule has 0 aliphatic heterocycles. The molecule has 1 heterocycles. The molecule has 0 unspecified atom stereocenters. The molecule has 0 aliphatic rings. The third-order valence-electron chi connectivity index (χ3n) is 1.93. The van der Waals surface area contributed by atoms with Crippen LogP contribution in [0.25, 0.3) is 10.8 Å². The Bertz CT molecular complexity index is 424. The first-order valence-electron chi connectivity index (χ1n) is 4.78. The van der Waals surface area contributed by atoms with E-state index in [2.05, 4.69) is 4.98 Å². The van der Waals surface area contributed by atoms with Gasteiger partial charge < -0.3 is 0 Å². The fourth-order valence-electron chi connectivity index (χ4n) is 1.30. The van der Waals surface area contributed by atoms with Crippen LogP contribution in [-0.4, -0.2) is 4.98 Å². The fraction of sp³-hybridized carbons (Fsp3) is 0.250. The third-order valence-corrected chi connectivity index (χ3v) is 2.16.